The monoisotopic (exact) mass is 442 g/mol. The zero-order chi connectivity index (χ0) is 23.0. The van der Waals surface area contributed by atoms with E-state index in [0.717, 1.165) is 41.8 Å². The van der Waals surface area contributed by atoms with Crippen molar-refractivity contribution in [3.63, 3.8) is 0 Å². The third-order valence-electron chi connectivity index (χ3n) is 5.59. The Hall–Kier alpha value is -4.06. The zero-order valence-electron chi connectivity index (χ0n) is 18.2. The van der Waals surface area contributed by atoms with Crippen molar-refractivity contribution in [1.82, 2.24) is 5.43 Å². The molecule has 2 N–H and O–H groups in total. The average Bonchev–Trinajstić information content (AvgIpc) is 2.85. The van der Waals surface area contributed by atoms with Gasteiger partial charge in [0.25, 0.3) is 5.91 Å². The molecule has 1 amide bonds. The lowest BCUT2D eigenvalue weighted by Crippen LogP contribution is -2.37. The molecule has 0 heterocycles. The molecule has 4 rings (SSSR count). The smallest absolute Gasteiger partial charge is 0.341 e. The Morgan fingerprint density at radius 3 is 2.27 bits per heavy atom. The van der Waals surface area contributed by atoms with Crippen LogP contribution in [0.3, 0.4) is 0 Å². The summed E-state index contributed by atoms with van der Waals surface area (Å²) in [4.78, 5) is 23.8. The van der Waals surface area contributed by atoms with Crippen LogP contribution in [0.15, 0.2) is 91.0 Å². The van der Waals surface area contributed by atoms with Crippen LogP contribution in [0.5, 0.6) is 5.75 Å². The highest BCUT2D eigenvalue weighted by molar-refractivity contribution is 5.90. The van der Waals surface area contributed by atoms with Crippen molar-refractivity contribution in [2.45, 2.75) is 25.2 Å². The molecule has 0 saturated heterocycles. The third-order valence-corrected chi connectivity index (χ3v) is 5.59. The Balaban J connectivity index is 1.51. The minimum absolute atomic E-state index is 0.0646. The van der Waals surface area contributed by atoms with Gasteiger partial charge in [-0.3, -0.25) is 15.2 Å². The van der Waals surface area contributed by atoms with Crippen molar-refractivity contribution < 1.29 is 19.4 Å². The van der Waals surface area contributed by atoms with E-state index in [1.54, 1.807) is 17.2 Å². The number of hydrogen-bond acceptors (Lipinski definition) is 4. The second-order valence-electron chi connectivity index (χ2n) is 7.85. The lowest BCUT2D eigenvalue weighted by atomic mass is 9.82. The molecule has 0 bridgehead atoms. The summed E-state index contributed by atoms with van der Waals surface area (Å²) < 4.78 is 5.48. The molecule has 3 aromatic rings. The normalized spacial score (nSPS) is 15.0. The van der Waals surface area contributed by atoms with Crippen molar-refractivity contribution in [1.29, 1.82) is 0 Å². The number of carboxylic acid groups (broad SMARTS) is 1. The van der Waals surface area contributed by atoms with E-state index in [0.29, 0.717) is 5.75 Å². The SMILES string of the molecule is O=C(O)COc1cccc2c1CCCC2C=CC(=O)NN(c1ccccc1)c1ccccc1. The highest BCUT2D eigenvalue weighted by Crippen LogP contribution is 2.37. The molecule has 1 unspecified atom stereocenters. The molecule has 0 fully saturated rings. The van der Waals surface area contributed by atoms with Crippen LogP contribution in [0.25, 0.3) is 0 Å². The fourth-order valence-corrected chi connectivity index (χ4v) is 4.11. The van der Waals surface area contributed by atoms with E-state index in [2.05, 4.69) is 5.43 Å². The van der Waals surface area contributed by atoms with E-state index in [1.165, 1.54) is 0 Å². The van der Waals surface area contributed by atoms with Crippen LogP contribution in [-0.2, 0) is 16.0 Å². The second-order valence-corrected chi connectivity index (χ2v) is 7.85. The lowest BCUT2D eigenvalue weighted by molar-refractivity contribution is -0.139. The van der Waals surface area contributed by atoms with E-state index in [9.17, 15) is 9.59 Å². The number of rotatable bonds is 8. The molecule has 1 atom stereocenters. The van der Waals surface area contributed by atoms with Gasteiger partial charge in [0.2, 0.25) is 0 Å². The molecular weight excluding hydrogens is 416 g/mol. The van der Waals surface area contributed by atoms with E-state index < -0.39 is 5.97 Å². The first-order valence-corrected chi connectivity index (χ1v) is 11.0. The van der Waals surface area contributed by atoms with Gasteiger partial charge in [0.05, 0.1) is 11.4 Å². The number of benzene rings is 3. The predicted octanol–water partition coefficient (Wildman–Crippen LogP) is 5.00. The molecule has 0 aliphatic heterocycles. The van der Waals surface area contributed by atoms with Gasteiger partial charge in [-0.25, -0.2) is 4.79 Å². The molecule has 6 heteroatoms. The summed E-state index contributed by atoms with van der Waals surface area (Å²) >= 11 is 0. The minimum atomic E-state index is -1.00. The fourth-order valence-electron chi connectivity index (χ4n) is 4.11. The summed E-state index contributed by atoms with van der Waals surface area (Å²) in [6.07, 6.45) is 6.18. The maximum atomic E-state index is 12.9. The predicted molar refractivity (Wildman–Crippen MR) is 128 cm³/mol. The van der Waals surface area contributed by atoms with Crippen LogP contribution < -0.4 is 15.2 Å². The molecule has 1 aliphatic carbocycles. The van der Waals surface area contributed by atoms with Crippen molar-refractivity contribution in [2.24, 2.45) is 0 Å². The van der Waals surface area contributed by atoms with Gasteiger partial charge >= 0.3 is 5.97 Å². The molecule has 1 aliphatic rings. The number of para-hydroxylation sites is 2. The highest BCUT2D eigenvalue weighted by atomic mass is 16.5. The first-order chi connectivity index (χ1) is 16.1. The molecule has 33 heavy (non-hydrogen) atoms. The summed E-state index contributed by atoms with van der Waals surface area (Å²) in [7, 11) is 0. The van der Waals surface area contributed by atoms with Crippen LogP contribution in [0.2, 0.25) is 0 Å². The molecule has 0 radical (unpaired) electrons. The Kier molecular flexibility index (Phi) is 7.05. The lowest BCUT2D eigenvalue weighted by Gasteiger charge is -2.26. The number of hydrogen-bond donors (Lipinski definition) is 2. The number of carboxylic acids is 1. The first-order valence-electron chi connectivity index (χ1n) is 11.0. The highest BCUT2D eigenvalue weighted by Gasteiger charge is 2.22. The number of hydrazine groups is 1. The summed E-state index contributed by atoms with van der Waals surface area (Å²) in [6, 6.07) is 25.0. The second kappa shape index (κ2) is 10.5. The number of allylic oxidation sites excluding steroid dienone is 1. The Morgan fingerprint density at radius 1 is 0.970 bits per heavy atom. The van der Waals surface area contributed by atoms with Crippen LogP contribution in [0.1, 0.15) is 29.9 Å². The largest absolute Gasteiger partial charge is 0.482 e. The van der Waals surface area contributed by atoms with Gasteiger partial charge in [0.1, 0.15) is 5.75 Å². The molecule has 0 spiro atoms. The van der Waals surface area contributed by atoms with E-state index >= 15 is 0 Å². The first kappa shape index (κ1) is 22.1. The summed E-state index contributed by atoms with van der Waals surface area (Å²) in [6.45, 7) is -0.367. The van der Waals surface area contributed by atoms with Crippen molar-refractivity contribution in [3.8, 4) is 5.75 Å². The Bertz CT molecular complexity index is 1090. The number of amides is 1. The average molecular weight is 443 g/mol. The van der Waals surface area contributed by atoms with Crippen molar-refractivity contribution in [2.75, 3.05) is 11.6 Å². The molecule has 168 valence electrons. The van der Waals surface area contributed by atoms with Crippen molar-refractivity contribution in [3.05, 3.63) is 102 Å². The number of fused-ring (bicyclic) bond motifs is 1. The topological polar surface area (TPSA) is 78.9 Å². The van der Waals surface area contributed by atoms with E-state index in [1.807, 2.05) is 78.9 Å². The van der Waals surface area contributed by atoms with Crippen LogP contribution in [-0.4, -0.2) is 23.6 Å². The quantitative estimate of drug-likeness (QED) is 0.379. The number of carbonyl (C=O) groups excluding carboxylic acids is 1. The maximum Gasteiger partial charge on any atom is 0.341 e. The minimum Gasteiger partial charge on any atom is -0.482 e. The van der Waals surface area contributed by atoms with Crippen LogP contribution in [0.4, 0.5) is 11.4 Å². The fraction of sp³-hybridized carbons (Fsp3) is 0.185. The van der Waals surface area contributed by atoms with Gasteiger partial charge < -0.3 is 9.84 Å². The van der Waals surface area contributed by atoms with Crippen LogP contribution >= 0.6 is 0 Å². The summed E-state index contributed by atoms with van der Waals surface area (Å²) in [5.74, 6) is -0.558. The number of nitrogens with zero attached hydrogens (tertiary/aromatic N) is 1. The van der Waals surface area contributed by atoms with Gasteiger partial charge in [0.15, 0.2) is 6.61 Å². The Morgan fingerprint density at radius 2 is 1.64 bits per heavy atom. The molecule has 3 aromatic carbocycles. The number of nitrogens with one attached hydrogen (secondary N) is 1. The summed E-state index contributed by atoms with van der Waals surface area (Å²) in [5, 5.41) is 10.7. The molecular formula is C27H26N2O4. The number of aliphatic carboxylic acids is 1. The molecule has 0 saturated carbocycles. The van der Waals surface area contributed by atoms with Gasteiger partial charge in [-0.05, 0) is 60.7 Å². The summed E-state index contributed by atoms with van der Waals surface area (Å²) in [5.41, 5.74) is 6.79. The van der Waals surface area contributed by atoms with E-state index in [4.69, 9.17) is 9.84 Å². The standard InChI is InChI=1S/C27H26N2O4/c30-26(28-29(21-10-3-1-4-11-21)22-12-5-2-6-13-22)18-17-20-9-7-15-24-23(20)14-8-16-25(24)33-19-27(31)32/h1-6,8,10-14,16-18,20H,7,9,15,19H2,(H,28,30)(H,31,32). The number of anilines is 2. The van der Waals surface area contributed by atoms with Crippen molar-refractivity contribution >= 4 is 23.3 Å². The molecule has 6 nitrogen and oxygen atoms in total. The van der Waals surface area contributed by atoms with Gasteiger partial charge in [-0.1, -0.05) is 54.6 Å². The maximum absolute atomic E-state index is 12.9. The van der Waals surface area contributed by atoms with Gasteiger partial charge in [0, 0.05) is 12.0 Å². The number of ether oxygens (including phenoxy) is 1. The Labute approximate surface area is 193 Å². The number of carbonyl (C=O) groups is 2. The zero-order valence-corrected chi connectivity index (χ0v) is 18.2. The van der Waals surface area contributed by atoms with Gasteiger partial charge in [-0.2, -0.15) is 0 Å². The van der Waals surface area contributed by atoms with E-state index in [-0.39, 0.29) is 18.4 Å². The molecule has 0 aromatic heterocycles. The van der Waals surface area contributed by atoms with Gasteiger partial charge in [-0.15, -0.1) is 0 Å². The third kappa shape index (κ3) is 5.60. The van der Waals surface area contributed by atoms with Crippen LogP contribution in [0, 0.1) is 0 Å².